The number of likely N-dealkylation sites (tertiary alicyclic amines) is 1. The number of nitrogens with one attached hydrogen (secondary N) is 1. The van der Waals surface area contributed by atoms with Crippen molar-refractivity contribution in [2.75, 3.05) is 11.9 Å². The van der Waals surface area contributed by atoms with E-state index in [1.54, 1.807) is 4.90 Å². The molecule has 7 heteroatoms. The first-order valence-corrected chi connectivity index (χ1v) is 9.41. The standard InChI is InChI=1S/C21H24N4O3/c1-2-14-8-9-25(18(10-14)15-6-4-3-5-7-15)21(28)20(27)24-17-11-16(19(22)26)12-23-13-17/h3-7,11-14,18H,2,8-10H2,1H3,(H2,22,26)(H,24,27)/t14-,18+/m1/s1. The SMILES string of the molecule is CC[C@@H]1CCN(C(=O)C(=O)Nc2cncc(C(N)=O)c2)[C@H](c2ccccc2)C1. The van der Waals surface area contributed by atoms with Crippen LogP contribution in [-0.2, 0) is 9.59 Å². The van der Waals surface area contributed by atoms with Crippen molar-refractivity contribution in [1.82, 2.24) is 9.88 Å². The third-order valence-corrected chi connectivity index (χ3v) is 5.21. The van der Waals surface area contributed by atoms with Gasteiger partial charge in [0.15, 0.2) is 0 Å². The van der Waals surface area contributed by atoms with Crippen LogP contribution in [-0.4, -0.2) is 34.2 Å². The van der Waals surface area contributed by atoms with E-state index >= 15 is 0 Å². The van der Waals surface area contributed by atoms with Gasteiger partial charge in [-0.2, -0.15) is 0 Å². The molecule has 0 unspecified atom stereocenters. The summed E-state index contributed by atoms with van der Waals surface area (Å²) in [6, 6.07) is 11.1. The number of pyridine rings is 1. The Bertz CT molecular complexity index is 869. The summed E-state index contributed by atoms with van der Waals surface area (Å²) in [5, 5.41) is 2.53. The zero-order valence-corrected chi connectivity index (χ0v) is 15.8. The minimum atomic E-state index is -0.751. The maximum absolute atomic E-state index is 12.9. The monoisotopic (exact) mass is 380 g/mol. The molecule has 0 spiro atoms. The first kappa shape index (κ1) is 19.5. The van der Waals surface area contributed by atoms with E-state index in [1.165, 1.54) is 18.5 Å². The second-order valence-electron chi connectivity index (χ2n) is 7.00. The van der Waals surface area contributed by atoms with Crippen LogP contribution in [0.5, 0.6) is 0 Å². The second-order valence-corrected chi connectivity index (χ2v) is 7.00. The first-order chi connectivity index (χ1) is 13.5. The number of carbonyl (C=O) groups excluding carboxylic acids is 3. The van der Waals surface area contributed by atoms with Crippen LogP contribution in [0.15, 0.2) is 48.8 Å². The third kappa shape index (κ3) is 4.36. The average Bonchev–Trinajstić information content (AvgIpc) is 2.73. The van der Waals surface area contributed by atoms with E-state index in [-0.39, 0.29) is 17.3 Å². The van der Waals surface area contributed by atoms with Crippen LogP contribution in [0.3, 0.4) is 0 Å². The molecular formula is C21H24N4O3. The van der Waals surface area contributed by atoms with Gasteiger partial charge < -0.3 is 16.0 Å². The molecule has 3 amide bonds. The number of carbonyl (C=O) groups is 3. The maximum Gasteiger partial charge on any atom is 0.313 e. The number of primary amides is 1. The van der Waals surface area contributed by atoms with E-state index in [4.69, 9.17) is 5.73 Å². The summed E-state index contributed by atoms with van der Waals surface area (Å²) in [6.07, 6.45) is 5.43. The molecule has 3 N–H and O–H groups in total. The number of hydrogen-bond donors (Lipinski definition) is 2. The molecule has 0 saturated carbocycles. The van der Waals surface area contributed by atoms with Gasteiger partial charge in [-0.05, 0) is 30.4 Å². The van der Waals surface area contributed by atoms with Crippen LogP contribution in [0.2, 0.25) is 0 Å². The van der Waals surface area contributed by atoms with Gasteiger partial charge in [-0.1, -0.05) is 43.7 Å². The van der Waals surface area contributed by atoms with Crippen molar-refractivity contribution in [3.63, 3.8) is 0 Å². The fourth-order valence-electron chi connectivity index (χ4n) is 3.60. The van der Waals surface area contributed by atoms with Crippen molar-refractivity contribution in [3.05, 3.63) is 59.9 Å². The van der Waals surface area contributed by atoms with Gasteiger partial charge in [0, 0.05) is 12.7 Å². The molecule has 0 aliphatic carbocycles. The van der Waals surface area contributed by atoms with E-state index in [1.807, 2.05) is 30.3 Å². The minimum absolute atomic E-state index is 0.131. The maximum atomic E-state index is 12.9. The molecule has 0 radical (unpaired) electrons. The number of rotatable bonds is 4. The molecule has 28 heavy (non-hydrogen) atoms. The van der Waals surface area contributed by atoms with Crippen molar-refractivity contribution in [2.24, 2.45) is 11.7 Å². The number of nitrogens with two attached hydrogens (primary N) is 1. The fraction of sp³-hybridized carbons (Fsp3) is 0.333. The Balaban J connectivity index is 1.78. The predicted molar refractivity (Wildman–Crippen MR) is 105 cm³/mol. The van der Waals surface area contributed by atoms with Gasteiger partial charge in [0.05, 0.1) is 23.5 Å². The van der Waals surface area contributed by atoms with Gasteiger partial charge in [0.25, 0.3) is 0 Å². The average molecular weight is 380 g/mol. The van der Waals surface area contributed by atoms with Crippen molar-refractivity contribution >= 4 is 23.4 Å². The molecule has 1 aromatic carbocycles. The molecule has 146 valence electrons. The Morgan fingerprint density at radius 2 is 1.96 bits per heavy atom. The molecule has 1 saturated heterocycles. The van der Waals surface area contributed by atoms with E-state index in [0.717, 1.165) is 24.8 Å². The zero-order chi connectivity index (χ0) is 20.1. The first-order valence-electron chi connectivity index (χ1n) is 9.41. The number of hydrogen-bond acceptors (Lipinski definition) is 4. The molecule has 1 fully saturated rings. The smallest absolute Gasteiger partial charge is 0.313 e. The summed E-state index contributed by atoms with van der Waals surface area (Å²) >= 11 is 0. The highest BCUT2D eigenvalue weighted by molar-refractivity contribution is 6.39. The van der Waals surface area contributed by atoms with Crippen LogP contribution in [0.4, 0.5) is 5.69 Å². The molecule has 0 bridgehead atoms. The van der Waals surface area contributed by atoms with E-state index in [9.17, 15) is 14.4 Å². The molecule has 7 nitrogen and oxygen atoms in total. The number of nitrogens with zero attached hydrogens (tertiary/aromatic N) is 2. The minimum Gasteiger partial charge on any atom is -0.366 e. The highest BCUT2D eigenvalue weighted by Gasteiger charge is 2.34. The van der Waals surface area contributed by atoms with Crippen molar-refractivity contribution in [1.29, 1.82) is 0 Å². The van der Waals surface area contributed by atoms with Crippen molar-refractivity contribution in [3.8, 4) is 0 Å². The van der Waals surface area contributed by atoms with Crippen LogP contribution in [0.1, 0.15) is 48.1 Å². The quantitative estimate of drug-likeness (QED) is 0.795. The Morgan fingerprint density at radius 3 is 2.64 bits per heavy atom. The molecule has 2 atom stereocenters. The van der Waals surface area contributed by atoms with Crippen molar-refractivity contribution in [2.45, 2.75) is 32.2 Å². The molecule has 1 aliphatic heterocycles. The van der Waals surface area contributed by atoms with Gasteiger partial charge in [-0.25, -0.2) is 0 Å². The van der Waals surface area contributed by atoms with Gasteiger partial charge in [0.2, 0.25) is 5.91 Å². The molecule has 1 aromatic heterocycles. The van der Waals surface area contributed by atoms with Gasteiger partial charge in [-0.15, -0.1) is 0 Å². The van der Waals surface area contributed by atoms with Crippen LogP contribution < -0.4 is 11.1 Å². The number of aromatic nitrogens is 1. The Kier molecular flexibility index (Phi) is 6.03. The number of piperidine rings is 1. The molecule has 2 heterocycles. The summed E-state index contributed by atoms with van der Waals surface area (Å²) in [5.41, 5.74) is 6.68. The van der Waals surface area contributed by atoms with E-state index in [2.05, 4.69) is 17.2 Å². The topological polar surface area (TPSA) is 105 Å². The number of anilines is 1. The summed E-state index contributed by atoms with van der Waals surface area (Å²) in [5.74, 6) is -1.47. The lowest BCUT2D eigenvalue weighted by molar-refractivity contribution is -0.146. The fourth-order valence-corrected chi connectivity index (χ4v) is 3.60. The lowest BCUT2D eigenvalue weighted by atomic mass is 9.85. The highest BCUT2D eigenvalue weighted by Crippen LogP contribution is 2.35. The van der Waals surface area contributed by atoms with Crippen molar-refractivity contribution < 1.29 is 14.4 Å². The van der Waals surface area contributed by atoms with Gasteiger partial charge in [-0.3, -0.25) is 19.4 Å². The summed E-state index contributed by atoms with van der Waals surface area (Å²) in [7, 11) is 0. The summed E-state index contributed by atoms with van der Waals surface area (Å²) < 4.78 is 0. The molecule has 1 aliphatic rings. The Labute approximate surface area is 163 Å². The third-order valence-electron chi connectivity index (χ3n) is 5.21. The van der Waals surface area contributed by atoms with Gasteiger partial charge >= 0.3 is 11.8 Å². The van der Waals surface area contributed by atoms with Crippen LogP contribution in [0.25, 0.3) is 0 Å². The normalized spacial score (nSPS) is 19.1. The lowest BCUT2D eigenvalue weighted by Gasteiger charge is -2.39. The summed E-state index contributed by atoms with van der Waals surface area (Å²) in [6.45, 7) is 2.68. The molecule has 2 aromatic rings. The predicted octanol–water partition coefficient (Wildman–Crippen LogP) is 2.51. The zero-order valence-electron chi connectivity index (χ0n) is 15.8. The number of benzene rings is 1. The Hall–Kier alpha value is -3.22. The molecular weight excluding hydrogens is 356 g/mol. The van der Waals surface area contributed by atoms with Gasteiger partial charge in [0.1, 0.15) is 0 Å². The molecule has 3 rings (SSSR count). The highest BCUT2D eigenvalue weighted by atomic mass is 16.2. The summed E-state index contributed by atoms with van der Waals surface area (Å²) in [4.78, 5) is 42.3. The largest absolute Gasteiger partial charge is 0.366 e. The lowest BCUT2D eigenvalue weighted by Crippen LogP contribution is -2.46. The van der Waals surface area contributed by atoms with E-state index < -0.39 is 17.7 Å². The van der Waals surface area contributed by atoms with Crippen LogP contribution >= 0.6 is 0 Å². The number of amides is 3. The second kappa shape index (κ2) is 8.65. The van der Waals surface area contributed by atoms with Crippen LogP contribution in [0, 0.1) is 5.92 Å². The Morgan fingerprint density at radius 1 is 1.21 bits per heavy atom. The van der Waals surface area contributed by atoms with E-state index in [0.29, 0.717) is 12.5 Å².